The minimum absolute atomic E-state index is 0.236. The van der Waals surface area contributed by atoms with Crippen LogP contribution in [0, 0.1) is 0 Å². The second-order valence-corrected chi connectivity index (χ2v) is 4.54. The molecule has 1 aromatic carbocycles. The van der Waals surface area contributed by atoms with E-state index in [0.717, 1.165) is 5.56 Å². The van der Waals surface area contributed by atoms with Gasteiger partial charge in [-0.3, -0.25) is 9.59 Å². The van der Waals surface area contributed by atoms with Gasteiger partial charge in [0, 0.05) is 6.54 Å². The average molecular weight is 324 g/mol. The van der Waals surface area contributed by atoms with Crippen molar-refractivity contribution in [1.82, 2.24) is 10.6 Å². The van der Waals surface area contributed by atoms with Crippen molar-refractivity contribution in [2.75, 3.05) is 20.8 Å². The van der Waals surface area contributed by atoms with Gasteiger partial charge in [-0.15, -0.1) is 0 Å². The third-order valence-corrected chi connectivity index (χ3v) is 3.01. The van der Waals surface area contributed by atoms with Gasteiger partial charge in [0.25, 0.3) is 0 Å². The zero-order valence-corrected chi connectivity index (χ0v) is 12.9. The fraction of sp³-hybridized carbons (Fsp3) is 0.357. The second kappa shape index (κ2) is 8.47. The molecule has 23 heavy (non-hydrogen) atoms. The molecule has 0 saturated heterocycles. The minimum atomic E-state index is -1.55. The van der Waals surface area contributed by atoms with Gasteiger partial charge in [-0.2, -0.15) is 0 Å². The minimum Gasteiger partial charge on any atom is -0.493 e. The lowest BCUT2D eigenvalue weighted by Crippen LogP contribution is -2.55. The molecular weight excluding hydrogens is 304 g/mol. The summed E-state index contributed by atoms with van der Waals surface area (Å²) in [5.41, 5.74) is 10.8. The Labute approximate surface area is 133 Å². The molecule has 0 saturated carbocycles. The maximum atomic E-state index is 11.6. The molecule has 1 aromatic rings. The first-order valence-corrected chi connectivity index (χ1v) is 6.73. The van der Waals surface area contributed by atoms with Gasteiger partial charge in [0.05, 0.1) is 14.2 Å². The zero-order valence-electron chi connectivity index (χ0n) is 12.9. The SMILES string of the molecule is COc1cccc(CCNC(=O)NC(C(N)=O)C(N)=O)c1OC. The van der Waals surface area contributed by atoms with Gasteiger partial charge in [0.2, 0.25) is 11.8 Å². The second-order valence-electron chi connectivity index (χ2n) is 4.54. The normalized spacial score (nSPS) is 10.0. The predicted octanol–water partition coefficient (Wildman–Crippen LogP) is -1.12. The van der Waals surface area contributed by atoms with E-state index < -0.39 is 23.9 Å². The number of hydrogen-bond donors (Lipinski definition) is 4. The summed E-state index contributed by atoms with van der Waals surface area (Å²) in [5, 5.41) is 4.60. The highest BCUT2D eigenvalue weighted by Crippen LogP contribution is 2.30. The number of benzene rings is 1. The Hall–Kier alpha value is -2.97. The van der Waals surface area contributed by atoms with E-state index in [9.17, 15) is 14.4 Å². The van der Waals surface area contributed by atoms with Gasteiger partial charge >= 0.3 is 6.03 Å². The van der Waals surface area contributed by atoms with Crippen LogP contribution < -0.4 is 31.6 Å². The van der Waals surface area contributed by atoms with Gasteiger partial charge < -0.3 is 31.6 Å². The molecule has 1 rings (SSSR count). The molecule has 0 radical (unpaired) electrons. The molecule has 6 N–H and O–H groups in total. The van der Waals surface area contributed by atoms with Crippen LogP contribution in [-0.4, -0.2) is 44.7 Å². The van der Waals surface area contributed by atoms with Gasteiger partial charge in [-0.05, 0) is 18.1 Å². The molecule has 0 atom stereocenters. The Morgan fingerprint density at radius 1 is 1.13 bits per heavy atom. The molecule has 9 heteroatoms. The lowest BCUT2D eigenvalue weighted by Gasteiger charge is -2.14. The average Bonchev–Trinajstić information content (AvgIpc) is 2.51. The summed E-state index contributed by atoms with van der Waals surface area (Å²) in [7, 11) is 3.05. The third-order valence-electron chi connectivity index (χ3n) is 3.01. The van der Waals surface area contributed by atoms with Gasteiger partial charge in [-0.25, -0.2) is 4.79 Å². The predicted molar refractivity (Wildman–Crippen MR) is 82.0 cm³/mol. The van der Waals surface area contributed by atoms with Crippen molar-refractivity contribution in [2.45, 2.75) is 12.5 Å². The standard InChI is InChI=1S/C14H20N4O5/c1-22-9-5-3-4-8(11(9)23-2)6-7-17-14(21)18-10(12(15)19)13(16)20/h3-5,10H,6-7H2,1-2H3,(H2,15,19)(H2,16,20)(H2,17,18,21). The number of hydrogen-bond acceptors (Lipinski definition) is 5. The van der Waals surface area contributed by atoms with Crippen LogP contribution in [0.5, 0.6) is 11.5 Å². The third kappa shape index (κ3) is 5.06. The largest absolute Gasteiger partial charge is 0.493 e. The molecule has 9 nitrogen and oxygen atoms in total. The summed E-state index contributed by atoms with van der Waals surface area (Å²) in [5.74, 6) is -0.898. The molecule has 0 aliphatic carbocycles. The number of methoxy groups -OCH3 is 2. The van der Waals surface area contributed by atoms with Crippen molar-refractivity contribution in [3.8, 4) is 11.5 Å². The summed E-state index contributed by atoms with van der Waals surface area (Å²) in [6.45, 7) is 0.236. The van der Waals surface area contributed by atoms with Crippen LogP contribution in [0.4, 0.5) is 4.79 Å². The van der Waals surface area contributed by atoms with E-state index in [2.05, 4.69) is 10.6 Å². The molecule has 0 aromatic heterocycles. The molecular formula is C14H20N4O5. The molecule has 0 bridgehead atoms. The van der Waals surface area contributed by atoms with Crippen LogP contribution in [0.3, 0.4) is 0 Å². The number of urea groups is 1. The number of carbonyl (C=O) groups excluding carboxylic acids is 3. The lowest BCUT2D eigenvalue weighted by atomic mass is 10.1. The highest BCUT2D eigenvalue weighted by molar-refractivity contribution is 6.05. The molecule has 0 heterocycles. The zero-order chi connectivity index (χ0) is 17.4. The first-order chi connectivity index (χ1) is 10.9. The Morgan fingerprint density at radius 2 is 1.78 bits per heavy atom. The first kappa shape index (κ1) is 18.1. The van der Waals surface area contributed by atoms with Crippen LogP contribution >= 0.6 is 0 Å². The van der Waals surface area contributed by atoms with Crippen LogP contribution in [0.1, 0.15) is 5.56 Å². The summed E-state index contributed by atoms with van der Waals surface area (Å²) >= 11 is 0. The number of nitrogens with two attached hydrogens (primary N) is 2. The van der Waals surface area contributed by atoms with Gasteiger partial charge in [0.1, 0.15) is 0 Å². The molecule has 0 aliphatic rings. The number of rotatable bonds is 8. The van der Waals surface area contributed by atoms with Crippen molar-refractivity contribution in [1.29, 1.82) is 0 Å². The Bertz CT molecular complexity index is 577. The topological polar surface area (TPSA) is 146 Å². The van der Waals surface area contributed by atoms with Crippen molar-refractivity contribution in [2.24, 2.45) is 11.5 Å². The first-order valence-electron chi connectivity index (χ1n) is 6.73. The highest BCUT2D eigenvalue weighted by Gasteiger charge is 2.23. The quantitative estimate of drug-likeness (QED) is 0.448. The molecule has 0 fully saturated rings. The molecule has 126 valence electrons. The fourth-order valence-corrected chi connectivity index (χ4v) is 1.93. The van der Waals surface area contributed by atoms with Crippen LogP contribution in [-0.2, 0) is 16.0 Å². The fourth-order valence-electron chi connectivity index (χ4n) is 1.93. The van der Waals surface area contributed by atoms with E-state index in [-0.39, 0.29) is 6.54 Å². The Kier molecular flexibility index (Phi) is 6.66. The van der Waals surface area contributed by atoms with E-state index in [4.69, 9.17) is 20.9 Å². The summed E-state index contributed by atoms with van der Waals surface area (Å²) in [4.78, 5) is 33.6. The number of carbonyl (C=O) groups is 3. The number of para-hydroxylation sites is 1. The maximum Gasteiger partial charge on any atom is 0.315 e. The van der Waals surface area contributed by atoms with Crippen molar-refractivity contribution < 1.29 is 23.9 Å². The number of amides is 4. The number of ether oxygens (including phenoxy) is 2. The Morgan fingerprint density at radius 3 is 2.30 bits per heavy atom. The van der Waals surface area contributed by atoms with Crippen molar-refractivity contribution >= 4 is 17.8 Å². The van der Waals surface area contributed by atoms with E-state index in [1.807, 2.05) is 6.07 Å². The molecule has 4 amide bonds. The van der Waals surface area contributed by atoms with E-state index >= 15 is 0 Å². The molecule has 0 aliphatic heterocycles. The van der Waals surface area contributed by atoms with Gasteiger partial charge in [-0.1, -0.05) is 12.1 Å². The van der Waals surface area contributed by atoms with E-state index in [0.29, 0.717) is 17.9 Å². The van der Waals surface area contributed by atoms with Crippen molar-refractivity contribution in [3.05, 3.63) is 23.8 Å². The molecule has 0 unspecified atom stereocenters. The maximum absolute atomic E-state index is 11.6. The smallest absolute Gasteiger partial charge is 0.315 e. The molecule has 0 spiro atoms. The Balaban J connectivity index is 2.59. The highest BCUT2D eigenvalue weighted by atomic mass is 16.5. The summed E-state index contributed by atoms with van der Waals surface area (Å²) < 4.78 is 10.5. The van der Waals surface area contributed by atoms with Crippen LogP contribution in [0.2, 0.25) is 0 Å². The van der Waals surface area contributed by atoms with Crippen LogP contribution in [0.25, 0.3) is 0 Å². The van der Waals surface area contributed by atoms with Crippen molar-refractivity contribution in [3.63, 3.8) is 0 Å². The summed E-state index contributed by atoms with van der Waals surface area (Å²) in [6.07, 6.45) is 0.450. The number of nitrogens with one attached hydrogen (secondary N) is 2. The van der Waals surface area contributed by atoms with Gasteiger partial charge in [0.15, 0.2) is 17.5 Å². The number of primary amides is 2. The van der Waals surface area contributed by atoms with Crippen LogP contribution in [0.15, 0.2) is 18.2 Å². The monoisotopic (exact) mass is 324 g/mol. The van der Waals surface area contributed by atoms with E-state index in [1.165, 1.54) is 14.2 Å². The summed E-state index contributed by atoms with van der Waals surface area (Å²) in [6, 6.07) is 3.10. The lowest BCUT2D eigenvalue weighted by molar-refractivity contribution is -0.128. The van der Waals surface area contributed by atoms with E-state index in [1.54, 1.807) is 12.1 Å².